The van der Waals surface area contributed by atoms with Crippen molar-refractivity contribution in [3.63, 3.8) is 0 Å². The molecule has 0 bridgehead atoms. The van der Waals surface area contributed by atoms with Crippen molar-refractivity contribution in [3.05, 3.63) is 0 Å². The van der Waals surface area contributed by atoms with Crippen molar-refractivity contribution in [3.8, 4) is 0 Å². The van der Waals surface area contributed by atoms with E-state index in [9.17, 15) is 0 Å². The van der Waals surface area contributed by atoms with E-state index >= 15 is 0 Å². The van der Waals surface area contributed by atoms with Crippen LogP contribution in [0.2, 0.25) is 0 Å². The second-order valence-electron chi connectivity index (χ2n) is 4.14. The first kappa shape index (κ1) is 11.9. The first-order valence-corrected chi connectivity index (χ1v) is 5.62. The molecule has 0 aromatic carbocycles. The van der Waals surface area contributed by atoms with E-state index in [1.54, 1.807) is 0 Å². The van der Waals surface area contributed by atoms with Crippen LogP contribution in [0.15, 0.2) is 0 Å². The van der Waals surface area contributed by atoms with Crippen molar-refractivity contribution in [2.75, 3.05) is 26.2 Å². The summed E-state index contributed by atoms with van der Waals surface area (Å²) in [5, 5.41) is 3.41. The van der Waals surface area contributed by atoms with Crippen molar-refractivity contribution in [1.29, 1.82) is 0 Å². The van der Waals surface area contributed by atoms with Gasteiger partial charge in [0.1, 0.15) is 0 Å². The summed E-state index contributed by atoms with van der Waals surface area (Å²) in [7, 11) is 0. The Bertz CT molecular complexity index is 162. The highest BCUT2D eigenvalue weighted by molar-refractivity contribution is 4.87. The molecule has 1 fully saturated rings. The van der Waals surface area contributed by atoms with Crippen LogP contribution >= 0.6 is 0 Å². The average molecular weight is 200 g/mol. The number of nitrogens with one attached hydrogen (secondary N) is 1. The molecule has 0 aliphatic carbocycles. The summed E-state index contributed by atoms with van der Waals surface area (Å²) >= 11 is 0. The Kier molecular flexibility index (Phi) is 4.81. The topological polar surface area (TPSA) is 67.3 Å². The molecule has 84 valence electrons. The lowest BCUT2D eigenvalue weighted by Gasteiger charge is -2.41. The number of rotatable bonds is 4. The molecule has 1 aliphatic rings. The molecule has 1 saturated heterocycles. The molecule has 14 heavy (non-hydrogen) atoms. The number of hydrogen-bond acceptors (Lipinski definition) is 4. The van der Waals surface area contributed by atoms with Gasteiger partial charge < -0.3 is 16.8 Å². The molecule has 5 N–H and O–H groups in total. The number of hydrogen-bond donors (Lipinski definition) is 3. The molecular weight excluding hydrogens is 176 g/mol. The summed E-state index contributed by atoms with van der Waals surface area (Å²) in [6.45, 7) is 8.22. The molecule has 1 rings (SSSR count). The van der Waals surface area contributed by atoms with Gasteiger partial charge in [-0.3, -0.25) is 4.90 Å². The minimum Gasteiger partial charge on any atom is -0.329 e. The van der Waals surface area contributed by atoms with Gasteiger partial charge in [-0.25, -0.2) is 0 Å². The summed E-state index contributed by atoms with van der Waals surface area (Å²) in [5.41, 5.74) is 11.6. The zero-order chi connectivity index (χ0) is 10.6. The lowest BCUT2D eigenvalue weighted by atomic mass is 10.0. The fourth-order valence-electron chi connectivity index (χ4n) is 2.13. The normalized spacial score (nSPS) is 28.7. The SMILES string of the molecule is CCC1CNCCN1C(C)C(N)CN. The lowest BCUT2D eigenvalue weighted by Crippen LogP contribution is -2.59. The lowest BCUT2D eigenvalue weighted by molar-refractivity contribution is 0.0983. The molecule has 0 radical (unpaired) electrons. The number of nitrogens with two attached hydrogens (primary N) is 2. The Morgan fingerprint density at radius 2 is 2.29 bits per heavy atom. The summed E-state index contributed by atoms with van der Waals surface area (Å²) in [5.74, 6) is 0. The summed E-state index contributed by atoms with van der Waals surface area (Å²) in [4.78, 5) is 2.49. The fourth-order valence-corrected chi connectivity index (χ4v) is 2.13. The van der Waals surface area contributed by atoms with Gasteiger partial charge in [0, 0.05) is 44.3 Å². The standard InChI is InChI=1S/C10H24N4/c1-3-9-7-13-4-5-14(9)8(2)10(12)6-11/h8-10,13H,3-7,11-12H2,1-2H3. The summed E-state index contributed by atoms with van der Waals surface area (Å²) < 4.78 is 0. The molecule has 0 aromatic rings. The van der Waals surface area contributed by atoms with E-state index < -0.39 is 0 Å². The average Bonchev–Trinajstić information content (AvgIpc) is 2.26. The summed E-state index contributed by atoms with van der Waals surface area (Å²) in [6, 6.07) is 1.12. The maximum Gasteiger partial charge on any atom is 0.0318 e. The van der Waals surface area contributed by atoms with Crippen LogP contribution in [0.1, 0.15) is 20.3 Å². The van der Waals surface area contributed by atoms with Crippen LogP contribution in [0.3, 0.4) is 0 Å². The van der Waals surface area contributed by atoms with Crippen molar-refractivity contribution in [2.45, 2.75) is 38.4 Å². The van der Waals surface area contributed by atoms with Gasteiger partial charge in [-0.05, 0) is 13.3 Å². The third kappa shape index (κ3) is 2.67. The quantitative estimate of drug-likeness (QED) is 0.564. The van der Waals surface area contributed by atoms with E-state index in [1.165, 1.54) is 6.42 Å². The highest BCUT2D eigenvalue weighted by atomic mass is 15.2. The van der Waals surface area contributed by atoms with Crippen LogP contribution in [-0.2, 0) is 0 Å². The van der Waals surface area contributed by atoms with Crippen LogP contribution in [0.5, 0.6) is 0 Å². The van der Waals surface area contributed by atoms with Crippen molar-refractivity contribution in [1.82, 2.24) is 10.2 Å². The van der Waals surface area contributed by atoms with Crippen LogP contribution in [0, 0.1) is 0 Å². The summed E-state index contributed by atoms with van der Waals surface area (Å²) in [6.07, 6.45) is 1.18. The van der Waals surface area contributed by atoms with Crippen LogP contribution < -0.4 is 16.8 Å². The molecule has 3 atom stereocenters. The van der Waals surface area contributed by atoms with Gasteiger partial charge in [0.2, 0.25) is 0 Å². The Hall–Kier alpha value is -0.160. The van der Waals surface area contributed by atoms with Crippen LogP contribution in [0.4, 0.5) is 0 Å². The third-order valence-electron chi connectivity index (χ3n) is 3.28. The largest absolute Gasteiger partial charge is 0.329 e. The molecular formula is C10H24N4. The van der Waals surface area contributed by atoms with Crippen molar-refractivity contribution >= 4 is 0 Å². The second kappa shape index (κ2) is 5.66. The zero-order valence-corrected chi connectivity index (χ0v) is 9.37. The van der Waals surface area contributed by atoms with E-state index in [2.05, 4.69) is 24.1 Å². The molecule has 1 aliphatic heterocycles. The maximum atomic E-state index is 5.98. The Balaban J connectivity index is 2.53. The predicted molar refractivity (Wildman–Crippen MR) is 60.1 cm³/mol. The van der Waals surface area contributed by atoms with Gasteiger partial charge in [0.15, 0.2) is 0 Å². The van der Waals surface area contributed by atoms with E-state index in [-0.39, 0.29) is 6.04 Å². The molecule has 0 amide bonds. The smallest absolute Gasteiger partial charge is 0.0318 e. The van der Waals surface area contributed by atoms with Gasteiger partial charge in [-0.15, -0.1) is 0 Å². The Morgan fingerprint density at radius 1 is 1.57 bits per heavy atom. The Labute approximate surface area is 87.0 Å². The molecule has 4 nitrogen and oxygen atoms in total. The molecule has 1 heterocycles. The molecule has 0 spiro atoms. The molecule has 4 heteroatoms. The Morgan fingerprint density at radius 3 is 2.86 bits per heavy atom. The molecule has 0 saturated carbocycles. The highest BCUT2D eigenvalue weighted by Crippen LogP contribution is 2.12. The highest BCUT2D eigenvalue weighted by Gasteiger charge is 2.27. The van der Waals surface area contributed by atoms with E-state index in [0.29, 0.717) is 18.6 Å². The van der Waals surface area contributed by atoms with E-state index in [4.69, 9.17) is 11.5 Å². The molecule has 3 unspecified atom stereocenters. The fraction of sp³-hybridized carbons (Fsp3) is 1.00. The minimum atomic E-state index is 0.0992. The van der Waals surface area contributed by atoms with Gasteiger partial charge in [0.05, 0.1) is 0 Å². The minimum absolute atomic E-state index is 0.0992. The zero-order valence-electron chi connectivity index (χ0n) is 9.37. The first-order valence-electron chi connectivity index (χ1n) is 5.62. The van der Waals surface area contributed by atoms with Gasteiger partial charge >= 0.3 is 0 Å². The van der Waals surface area contributed by atoms with Crippen molar-refractivity contribution < 1.29 is 0 Å². The second-order valence-corrected chi connectivity index (χ2v) is 4.14. The van der Waals surface area contributed by atoms with E-state index in [0.717, 1.165) is 19.6 Å². The maximum absolute atomic E-state index is 5.98. The van der Waals surface area contributed by atoms with Crippen molar-refractivity contribution in [2.24, 2.45) is 11.5 Å². The third-order valence-corrected chi connectivity index (χ3v) is 3.28. The molecule has 0 aromatic heterocycles. The van der Waals surface area contributed by atoms with Gasteiger partial charge in [0.25, 0.3) is 0 Å². The van der Waals surface area contributed by atoms with Crippen LogP contribution in [-0.4, -0.2) is 49.2 Å². The van der Waals surface area contributed by atoms with Gasteiger partial charge in [-0.2, -0.15) is 0 Å². The predicted octanol–water partition coefficient (Wildman–Crippen LogP) is -0.655. The van der Waals surface area contributed by atoms with E-state index in [1.807, 2.05) is 0 Å². The number of piperazine rings is 1. The monoisotopic (exact) mass is 200 g/mol. The van der Waals surface area contributed by atoms with Crippen LogP contribution in [0.25, 0.3) is 0 Å². The first-order chi connectivity index (χ1) is 6.70. The van der Waals surface area contributed by atoms with Gasteiger partial charge in [-0.1, -0.05) is 6.92 Å². The number of nitrogens with zero attached hydrogens (tertiary/aromatic N) is 1.